The lowest BCUT2D eigenvalue weighted by atomic mass is 10.0. The molecule has 13 heteroatoms. The zero-order valence-corrected chi connectivity index (χ0v) is 23.0. The summed E-state index contributed by atoms with van der Waals surface area (Å²) in [5.41, 5.74) is -2.17. The predicted octanol–water partition coefficient (Wildman–Crippen LogP) is 7.33. The highest BCUT2D eigenvalue weighted by molar-refractivity contribution is 5.85. The predicted molar refractivity (Wildman–Crippen MR) is 152 cm³/mol. The van der Waals surface area contributed by atoms with Gasteiger partial charge >= 0.3 is 18.0 Å². The summed E-state index contributed by atoms with van der Waals surface area (Å²) in [6.45, 7) is -0.591. The van der Waals surface area contributed by atoms with Crippen LogP contribution in [0.5, 0.6) is 5.75 Å². The van der Waals surface area contributed by atoms with Crippen molar-refractivity contribution in [2.24, 2.45) is 0 Å². The maximum Gasteiger partial charge on any atom is 0.417 e. The fourth-order valence-electron chi connectivity index (χ4n) is 4.02. The highest BCUT2D eigenvalue weighted by atomic mass is 35.5. The van der Waals surface area contributed by atoms with E-state index in [0.717, 1.165) is 36.0 Å². The first-order valence-corrected chi connectivity index (χ1v) is 12.5. The number of hydrogen-bond acceptors (Lipinski definition) is 5. The average Bonchev–Trinajstić information content (AvgIpc) is 2.98. The highest BCUT2D eigenvalue weighted by Crippen LogP contribution is 2.41. The van der Waals surface area contributed by atoms with Crippen LogP contribution in [0.1, 0.15) is 27.9 Å². The van der Waals surface area contributed by atoms with Gasteiger partial charge in [-0.3, -0.25) is 9.97 Å². The van der Waals surface area contributed by atoms with Crippen LogP contribution >= 0.6 is 12.4 Å². The second-order valence-corrected chi connectivity index (χ2v) is 9.02. The minimum absolute atomic E-state index is 0. The number of benzene rings is 3. The molecule has 0 aliphatic heterocycles. The summed E-state index contributed by atoms with van der Waals surface area (Å²) in [7, 11) is 0. The smallest absolute Gasteiger partial charge is 0.417 e. The quantitative estimate of drug-likeness (QED) is 0.163. The van der Waals surface area contributed by atoms with Crippen molar-refractivity contribution in [3.63, 3.8) is 0 Å². The van der Waals surface area contributed by atoms with E-state index in [4.69, 9.17) is 4.74 Å². The van der Waals surface area contributed by atoms with Gasteiger partial charge in [0.2, 0.25) is 0 Å². The topological polar surface area (TPSA) is 80.8 Å². The number of halogens is 7. The van der Waals surface area contributed by atoms with E-state index >= 15 is 0 Å². The first kappa shape index (κ1) is 31.8. The van der Waals surface area contributed by atoms with Crippen LogP contribution in [0.25, 0.3) is 22.8 Å². The van der Waals surface area contributed by atoms with Crippen LogP contribution in [-0.2, 0) is 19.0 Å². The maximum atomic E-state index is 14.1. The van der Waals surface area contributed by atoms with Crippen LogP contribution in [0, 0.1) is 11.8 Å². The first-order valence-electron chi connectivity index (χ1n) is 12.5. The standard InChI is InChI=1S/C31H18F6N4O2.ClH/c32-30(33,34)22-15-16-38-23(17-22)18-43-25-8-4-7-24(31(35,36)37)26(25)28-39-27(40-29(42)41-28)21-13-11-20(12-14-21)10-9-19-5-2-1-3-6-19;/h1-8,11-17H,18H2,(H,39,40,41,42);1H. The number of nitrogens with zero attached hydrogens (tertiary/aromatic N) is 3. The second-order valence-electron chi connectivity index (χ2n) is 9.02. The van der Waals surface area contributed by atoms with Gasteiger partial charge in [-0.05, 0) is 60.7 Å². The van der Waals surface area contributed by atoms with Crippen molar-refractivity contribution in [2.45, 2.75) is 19.0 Å². The Bertz CT molecular complexity index is 1880. The Morgan fingerprint density at radius 2 is 1.45 bits per heavy atom. The molecule has 0 amide bonds. The number of alkyl halides is 6. The van der Waals surface area contributed by atoms with Crippen molar-refractivity contribution in [1.29, 1.82) is 0 Å². The number of aromatic amines is 1. The van der Waals surface area contributed by atoms with Gasteiger partial charge in [0, 0.05) is 22.9 Å². The third-order valence-electron chi connectivity index (χ3n) is 6.01. The Kier molecular flexibility index (Phi) is 9.40. The molecule has 0 spiro atoms. The van der Waals surface area contributed by atoms with E-state index < -0.39 is 47.2 Å². The van der Waals surface area contributed by atoms with Gasteiger partial charge in [-0.1, -0.05) is 36.1 Å². The molecule has 224 valence electrons. The van der Waals surface area contributed by atoms with Gasteiger partial charge in [-0.2, -0.15) is 31.3 Å². The molecule has 0 fully saturated rings. The molecule has 0 saturated heterocycles. The van der Waals surface area contributed by atoms with E-state index in [2.05, 4.69) is 31.8 Å². The van der Waals surface area contributed by atoms with Crippen molar-refractivity contribution in [2.75, 3.05) is 0 Å². The summed E-state index contributed by atoms with van der Waals surface area (Å²) in [6.07, 6.45) is -8.63. The maximum absolute atomic E-state index is 14.1. The lowest BCUT2D eigenvalue weighted by molar-refractivity contribution is -0.138. The molecule has 5 rings (SSSR count). The van der Waals surface area contributed by atoms with Crippen LogP contribution in [0.4, 0.5) is 26.3 Å². The number of ether oxygens (including phenoxy) is 1. The Hall–Kier alpha value is -5.15. The first-order chi connectivity index (χ1) is 20.5. The van der Waals surface area contributed by atoms with Crippen LogP contribution < -0.4 is 10.4 Å². The van der Waals surface area contributed by atoms with E-state index in [-0.39, 0.29) is 29.7 Å². The van der Waals surface area contributed by atoms with Crippen LogP contribution in [-0.4, -0.2) is 19.9 Å². The molecule has 0 atom stereocenters. The SMILES string of the molecule is Cl.O=c1nc(-c2ccc(C#Cc3ccccc3)cc2)nc(-c2c(OCc3cc(C(F)(F)F)ccn3)cccc2C(F)(F)F)[nH]1. The van der Waals surface area contributed by atoms with Crippen LogP contribution in [0.15, 0.2) is 95.9 Å². The summed E-state index contributed by atoms with van der Waals surface area (Å²) < 4.78 is 87.1. The van der Waals surface area contributed by atoms with Gasteiger partial charge < -0.3 is 4.74 Å². The van der Waals surface area contributed by atoms with Crippen LogP contribution in [0.2, 0.25) is 0 Å². The molecule has 2 heterocycles. The Labute approximate surface area is 252 Å². The average molecular weight is 629 g/mol. The van der Waals surface area contributed by atoms with Gasteiger partial charge in [0.05, 0.1) is 22.4 Å². The monoisotopic (exact) mass is 628 g/mol. The minimum atomic E-state index is -4.90. The van der Waals surface area contributed by atoms with E-state index in [0.29, 0.717) is 11.1 Å². The van der Waals surface area contributed by atoms with E-state index in [1.165, 1.54) is 6.07 Å². The fraction of sp³-hybridized carbons (Fsp3) is 0.0968. The van der Waals surface area contributed by atoms with Crippen molar-refractivity contribution in [3.8, 4) is 40.4 Å². The zero-order chi connectivity index (χ0) is 30.6. The normalized spacial score (nSPS) is 11.2. The number of pyridine rings is 1. The number of nitrogens with one attached hydrogen (secondary N) is 1. The number of rotatable bonds is 5. The van der Waals surface area contributed by atoms with Gasteiger partial charge in [0.25, 0.3) is 0 Å². The van der Waals surface area contributed by atoms with Crippen molar-refractivity contribution >= 4 is 12.4 Å². The van der Waals surface area contributed by atoms with E-state index in [1.54, 1.807) is 24.3 Å². The lowest BCUT2D eigenvalue weighted by Crippen LogP contribution is -2.17. The zero-order valence-electron chi connectivity index (χ0n) is 22.2. The largest absolute Gasteiger partial charge is 0.487 e. The van der Waals surface area contributed by atoms with E-state index in [1.807, 2.05) is 30.3 Å². The van der Waals surface area contributed by atoms with Crippen molar-refractivity contribution in [3.05, 3.63) is 130 Å². The summed E-state index contributed by atoms with van der Waals surface area (Å²) in [6, 6.07) is 20.2. The van der Waals surface area contributed by atoms with Crippen molar-refractivity contribution in [1.82, 2.24) is 19.9 Å². The van der Waals surface area contributed by atoms with Gasteiger partial charge in [-0.15, -0.1) is 12.4 Å². The molecule has 5 aromatic rings. The molecule has 0 saturated carbocycles. The Morgan fingerprint density at radius 1 is 0.773 bits per heavy atom. The van der Waals surface area contributed by atoms with Crippen molar-refractivity contribution < 1.29 is 31.1 Å². The second kappa shape index (κ2) is 13.0. The third kappa shape index (κ3) is 7.62. The van der Waals surface area contributed by atoms with E-state index in [9.17, 15) is 31.1 Å². The Balaban J connectivity index is 0.00000442. The lowest BCUT2D eigenvalue weighted by Gasteiger charge is -2.17. The van der Waals surface area contributed by atoms with Gasteiger partial charge in [0.1, 0.15) is 18.2 Å². The summed E-state index contributed by atoms with van der Waals surface area (Å²) in [4.78, 5) is 26.5. The molecule has 3 aromatic carbocycles. The molecule has 0 radical (unpaired) electrons. The molecule has 0 bridgehead atoms. The molecular weight excluding hydrogens is 610 g/mol. The third-order valence-corrected chi connectivity index (χ3v) is 6.01. The summed E-state index contributed by atoms with van der Waals surface area (Å²) in [5.74, 6) is 4.95. The van der Waals surface area contributed by atoms with Crippen LogP contribution in [0.3, 0.4) is 0 Å². The molecule has 6 nitrogen and oxygen atoms in total. The molecule has 0 unspecified atom stereocenters. The highest BCUT2D eigenvalue weighted by Gasteiger charge is 2.36. The summed E-state index contributed by atoms with van der Waals surface area (Å²) in [5, 5.41) is 0. The number of aromatic nitrogens is 4. The Morgan fingerprint density at radius 3 is 2.11 bits per heavy atom. The molecular formula is C31H19ClF6N4O2. The fourth-order valence-corrected chi connectivity index (χ4v) is 4.02. The van der Waals surface area contributed by atoms with Gasteiger partial charge in [-0.25, -0.2) is 9.78 Å². The van der Waals surface area contributed by atoms with Gasteiger partial charge in [0.15, 0.2) is 5.82 Å². The molecule has 1 N–H and O–H groups in total. The minimum Gasteiger partial charge on any atom is -0.487 e. The summed E-state index contributed by atoms with van der Waals surface area (Å²) >= 11 is 0. The molecule has 0 aliphatic carbocycles. The number of hydrogen-bond donors (Lipinski definition) is 1. The molecule has 2 aromatic heterocycles. The molecule has 44 heavy (non-hydrogen) atoms. The molecule has 0 aliphatic rings. The number of H-pyrrole nitrogens is 1.